The molecule has 0 bridgehead atoms. The average Bonchev–Trinajstić information content (AvgIpc) is 3.16. The van der Waals surface area contributed by atoms with E-state index < -0.39 is 8.07 Å². The first-order valence-corrected chi connectivity index (χ1v) is 10.2. The normalized spacial score (nSPS) is 26.0. The van der Waals surface area contributed by atoms with Crippen molar-refractivity contribution >= 4 is 19.2 Å². The molecule has 1 saturated carbocycles. The first-order chi connectivity index (χ1) is 9.00. The standard InChI is InChI=1S/C16H24O2Si/c1-5-13-12-16(13,15(17)18-6-2)19(3,4)14-10-8-7-9-11-14/h7-11,13H,5-6,12H2,1-4H3/t13-,16-/m1/s1. The lowest BCUT2D eigenvalue weighted by atomic mass is 10.2. The minimum absolute atomic E-state index is 0.0439. The average molecular weight is 276 g/mol. The van der Waals surface area contributed by atoms with E-state index in [1.54, 1.807) is 0 Å². The minimum atomic E-state index is -1.85. The Bertz CT molecular complexity index is 455. The van der Waals surface area contributed by atoms with Crippen LogP contribution in [-0.4, -0.2) is 20.7 Å². The van der Waals surface area contributed by atoms with Crippen LogP contribution in [0, 0.1) is 5.92 Å². The number of benzene rings is 1. The summed E-state index contributed by atoms with van der Waals surface area (Å²) in [4.78, 5) is 12.5. The van der Waals surface area contributed by atoms with E-state index in [-0.39, 0.29) is 11.0 Å². The zero-order valence-electron chi connectivity index (χ0n) is 12.4. The third-order valence-electron chi connectivity index (χ3n) is 4.85. The van der Waals surface area contributed by atoms with Crippen molar-refractivity contribution in [2.24, 2.45) is 5.92 Å². The van der Waals surface area contributed by atoms with Crippen molar-refractivity contribution in [1.82, 2.24) is 0 Å². The predicted molar refractivity (Wildman–Crippen MR) is 81.3 cm³/mol. The van der Waals surface area contributed by atoms with Crippen LogP contribution in [0.25, 0.3) is 0 Å². The van der Waals surface area contributed by atoms with Gasteiger partial charge in [0.2, 0.25) is 0 Å². The molecule has 0 aliphatic heterocycles. The van der Waals surface area contributed by atoms with Gasteiger partial charge in [0.05, 0.1) is 19.7 Å². The molecule has 0 amide bonds. The summed E-state index contributed by atoms with van der Waals surface area (Å²) >= 11 is 0. The monoisotopic (exact) mass is 276 g/mol. The van der Waals surface area contributed by atoms with Gasteiger partial charge in [0.1, 0.15) is 0 Å². The van der Waals surface area contributed by atoms with Gasteiger partial charge in [-0.25, -0.2) is 0 Å². The van der Waals surface area contributed by atoms with Crippen molar-refractivity contribution in [3.63, 3.8) is 0 Å². The maximum atomic E-state index is 12.5. The molecule has 2 atom stereocenters. The topological polar surface area (TPSA) is 26.3 Å². The summed E-state index contributed by atoms with van der Waals surface area (Å²) in [6.07, 6.45) is 2.08. The van der Waals surface area contributed by atoms with Crippen LogP contribution in [0.15, 0.2) is 30.3 Å². The molecule has 0 spiro atoms. The van der Waals surface area contributed by atoms with Crippen molar-refractivity contribution in [2.75, 3.05) is 6.61 Å². The lowest BCUT2D eigenvalue weighted by Gasteiger charge is -2.32. The summed E-state index contributed by atoms with van der Waals surface area (Å²) in [6.45, 7) is 9.19. The van der Waals surface area contributed by atoms with Gasteiger partial charge >= 0.3 is 5.97 Å². The lowest BCUT2D eigenvalue weighted by molar-refractivity contribution is -0.144. The molecule has 0 heterocycles. The number of esters is 1. The Hall–Kier alpha value is -1.09. The van der Waals surface area contributed by atoms with Crippen LogP contribution in [0.3, 0.4) is 0 Å². The largest absolute Gasteiger partial charge is 0.466 e. The summed E-state index contributed by atoms with van der Waals surface area (Å²) in [5.74, 6) is 0.552. The molecule has 19 heavy (non-hydrogen) atoms. The van der Waals surface area contributed by atoms with E-state index in [9.17, 15) is 4.79 Å². The number of carbonyl (C=O) groups is 1. The molecule has 1 aliphatic carbocycles. The van der Waals surface area contributed by atoms with Gasteiger partial charge in [0, 0.05) is 0 Å². The minimum Gasteiger partial charge on any atom is -0.466 e. The van der Waals surface area contributed by atoms with Gasteiger partial charge in [-0.15, -0.1) is 0 Å². The van der Waals surface area contributed by atoms with Crippen molar-refractivity contribution < 1.29 is 9.53 Å². The van der Waals surface area contributed by atoms with E-state index in [0.717, 1.165) is 12.8 Å². The highest BCUT2D eigenvalue weighted by Gasteiger charge is 2.69. The first kappa shape index (κ1) is 14.3. The maximum Gasteiger partial charge on any atom is 0.309 e. The second kappa shape index (κ2) is 5.12. The van der Waals surface area contributed by atoms with Crippen LogP contribution < -0.4 is 5.19 Å². The molecule has 104 valence electrons. The fourth-order valence-electron chi connectivity index (χ4n) is 3.47. The highest BCUT2D eigenvalue weighted by Crippen LogP contribution is 2.67. The van der Waals surface area contributed by atoms with Gasteiger partial charge in [0.25, 0.3) is 0 Å². The van der Waals surface area contributed by atoms with E-state index in [1.165, 1.54) is 5.19 Å². The Morgan fingerprint density at radius 3 is 2.42 bits per heavy atom. The van der Waals surface area contributed by atoms with E-state index in [4.69, 9.17) is 4.74 Å². The third-order valence-corrected chi connectivity index (χ3v) is 9.67. The molecule has 0 aromatic heterocycles. The molecule has 1 aliphatic rings. The molecule has 1 aromatic rings. The van der Waals surface area contributed by atoms with Gasteiger partial charge < -0.3 is 4.74 Å². The highest BCUT2D eigenvalue weighted by molar-refractivity contribution is 6.95. The van der Waals surface area contributed by atoms with E-state index >= 15 is 0 Å². The Balaban J connectivity index is 2.38. The van der Waals surface area contributed by atoms with Crippen molar-refractivity contribution in [2.45, 2.75) is 44.8 Å². The third kappa shape index (κ3) is 2.14. The Labute approximate surface area is 117 Å². The fraction of sp³-hybridized carbons (Fsp3) is 0.562. The Kier molecular flexibility index (Phi) is 3.86. The van der Waals surface area contributed by atoms with Crippen LogP contribution in [-0.2, 0) is 9.53 Å². The number of rotatable bonds is 5. The molecule has 1 aromatic carbocycles. The second-order valence-electron chi connectivity index (χ2n) is 5.99. The molecule has 2 rings (SSSR count). The summed E-state index contributed by atoms with van der Waals surface area (Å²) in [7, 11) is -1.85. The highest BCUT2D eigenvalue weighted by atomic mass is 28.3. The number of carbonyl (C=O) groups excluding carboxylic acids is 1. The molecule has 0 unspecified atom stereocenters. The summed E-state index contributed by atoms with van der Waals surface area (Å²) in [5, 5.41) is 1.16. The van der Waals surface area contributed by atoms with Crippen LogP contribution >= 0.6 is 0 Å². The number of hydrogen-bond donors (Lipinski definition) is 0. The van der Waals surface area contributed by atoms with Crippen molar-refractivity contribution in [1.29, 1.82) is 0 Å². The Morgan fingerprint density at radius 1 is 1.32 bits per heavy atom. The molecule has 0 radical (unpaired) electrons. The molecular formula is C16H24O2Si. The summed E-state index contributed by atoms with van der Waals surface area (Å²) < 4.78 is 5.40. The van der Waals surface area contributed by atoms with Crippen molar-refractivity contribution in [3.05, 3.63) is 30.3 Å². The van der Waals surface area contributed by atoms with Crippen LogP contribution in [0.4, 0.5) is 0 Å². The van der Waals surface area contributed by atoms with Gasteiger partial charge in [-0.2, -0.15) is 0 Å². The van der Waals surface area contributed by atoms with Gasteiger partial charge in [0.15, 0.2) is 0 Å². The zero-order valence-corrected chi connectivity index (χ0v) is 13.4. The quantitative estimate of drug-likeness (QED) is 0.609. The van der Waals surface area contributed by atoms with E-state index in [2.05, 4.69) is 44.3 Å². The van der Waals surface area contributed by atoms with Crippen LogP contribution in [0.2, 0.25) is 18.1 Å². The van der Waals surface area contributed by atoms with E-state index in [0.29, 0.717) is 12.5 Å². The molecule has 0 saturated heterocycles. The Morgan fingerprint density at radius 2 is 1.95 bits per heavy atom. The van der Waals surface area contributed by atoms with Gasteiger partial charge in [-0.3, -0.25) is 4.79 Å². The molecule has 3 heteroatoms. The fourth-order valence-corrected chi connectivity index (χ4v) is 7.57. The van der Waals surface area contributed by atoms with Crippen molar-refractivity contribution in [3.8, 4) is 0 Å². The zero-order chi connectivity index (χ0) is 14.1. The maximum absolute atomic E-state index is 12.5. The smallest absolute Gasteiger partial charge is 0.309 e. The lowest BCUT2D eigenvalue weighted by Crippen LogP contribution is -2.51. The number of ether oxygens (including phenoxy) is 1. The molecule has 1 fully saturated rings. The van der Waals surface area contributed by atoms with Crippen LogP contribution in [0.5, 0.6) is 0 Å². The molecule has 0 N–H and O–H groups in total. The predicted octanol–water partition coefficient (Wildman–Crippen LogP) is 3.34. The summed E-state index contributed by atoms with van der Waals surface area (Å²) in [5.41, 5.74) is 0. The van der Waals surface area contributed by atoms with E-state index in [1.807, 2.05) is 13.0 Å². The van der Waals surface area contributed by atoms with Gasteiger partial charge in [-0.1, -0.05) is 62.0 Å². The molecule has 2 nitrogen and oxygen atoms in total. The SMILES string of the molecule is CCOC(=O)[C@@]1([Si](C)(C)c2ccccc2)C[C@H]1CC. The van der Waals surface area contributed by atoms with Gasteiger partial charge in [-0.05, 0) is 19.3 Å². The number of hydrogen-bond acceptors (Lipinski definition) is 2. The summed E-state index contributed by atoms with van der Waals surface area (Å²) in [6, 6.07) is 10.5. The second-order valence-corrected chi connectivity index (χ2v) is 10.7. The van der Waals surface area contributed by atoms with Crippen LogP contribution in [0.1, 0.15) is 26.7 Å². The molecular weight excluding hydrogens is 252 g/mol. The first-order valence-electron chi connectivity index (χ1n) is 7.23.